The van der Waals surface area contributed by atoms with Crippen LogP contribution in [-0.4, -0.2) is 53.5 Å². The van der Waals surface area contributed by atoms with E-state index in [1.165, 1.54) is 0 Å². The Labute approximate surface area is 96.8 Å². The van der Waals surface area contributed by atoms with Crippen LogP contribution in [0.2, 0.25) is 0 Å². The molecule has 1 fully saturated rings. The van der Waals surface area contributed by atoms with E-state index in [2.05, 4.69) is 5.32 Å². The molecule has 1 amide bonds. The second-order valence-corrected chi connectivity index (χ2v) is 5.19. The fraction of sp³-hybridized carbons (Fsp3) is 0.909. The summed E-state index contributed by atoms with van der Waals surface area (Å²) >= 11 is 0. The summed E-state index contributed by atoms with van der Waals surface area (Å²) in [5, 5.41) is 12.8. The lowest BCUT2D eigenvalue weighted by molar-refractivity contribution is -0.00867. The van der Waals surface area contributed by atoms with Crippen LogP contribution in [0.1, 0.15) is 27.7 Å². The van der Waals surface area contributed by atoms with Crippen LogP contribution in [0.4, 0.5) is 4.79 Å². The molecule has 0 aromatic rings. The highest BCUT2D eigenvalue weighted by Gasteiger charge is 2.32. The third kappa shape index (κ3) is 3.64. The Morgan fingerprint density at radius 1 is 1.56 bits per heavy atom. The number of piperazine rings is 1. The fourth-order valence-electron chi connectivity index (χ4n) is 1.70. The molecule has 0 radical (unpaired) electrons. The van der Waals surface area contributed by atoms with E-state index in [1.54, 1.807) is 11.8 Å². The van der Waals surface area contributed by atoms with Gasteiger partial charge in [-0.2, -0.15) is 0 Å². The van der Waals surface area contributed by atoms with Gasteiger partial charge in [0.25, 0.3) is 0 Å². The van der Waals surface area contributed by atoms with Gasteiger partial charge in [0.2, 0.25) is 0 Å². The Bertz CT molecular complexity index is 248. The Morgan fingerprint density at radius 3 is 2.69 bits per heavy atom. The minimum atomic E-state index is -0.555. The van der Waals surface area contributed by atoms with E-state index < -0.39 is 11.7 Å². The Balaban J connectivity index is 2.64. The first-order valence-corrected chi connectivity index (χ1v) is 5.69. The van der Waals surface area contributed by atoms with Gasteiger partial charge in [0.15, 0.2) is 0 Å². The molecule has 2 atom stereocenters. The lowest BCUT2D eigenvalue weighted by Crippen LogP contribution is -2.58. The van der Waals surface area contributed by atoms with Gasteiger partial charge in [0.05, 0.1) is 12.1 Å². The van der Waals surface area contributed by atoms with Crippen molar-refractivity contribution >= 4 is 6.09 Å². The molecule has 0 saturated carbocycles. The molecule has 0 aliphatic carbocycles. The topological polar surface area (TPSA) is 61.8 Å². The van der Waals surface area contributed by atoms with Gasteiger partial charge >= 0.3 is 6.09 Å². The molecule has 1 aliphatic heterocycles. The number of aliphatic hydroxyl groups is 1. The van der Waals surface area contributed by atoms with Crippen LogP contribution in [0.5, 0.6) is 0 Å². The third-order valence-electron chi connectivity index (χ3n) is 2.47. The van der Waals surface area contributed by atoms with Crippen molar-refractivity contribution in [1.29, 1.82) is 0 Å². The summed E-state index contributed by atoms with van der Waals surface area (Å²) in [7, 11) is 0. The number of carbonyl (C=O) groups excluding carboxylic acids is 1. The quantitative estimate of drug-likeness (QED) is 0.691. The molecule has 1 saturated heterocycles. The van der Waals surface area contributed by atoms with Crippen molar-refractivity contribution in [3.8, 4) is 0 Å². The number of rotatable bonds is 1. The van der Waals surface area contributed by atoms with Gasteiger partial charge in [-0.15, -0.1) is 0 Å². The van der Waals surface area contributed by atoms with E-state index in [4.69, 9.17) is 4.74 Å². The second-order valence-electron chi connectivity index (χ2n) is 5.19. The summed E-state index contributed by atoms with van der Waals surface area (Å²) in [5.74, 6) is 0. The van der Waals surface area contributed by atoms with E-state index >= 15 is 0 Å². The predicted octanol–water partition coefficient (Wildman–Crippen LogP) is 0.576. The average Bonchev–Trinajstić information content (AvgIpc) is 2.15. The molecule has 0 aromatic heterocycles. The summed E-state index contributed by atoms with van der Waals surface area (Å²) in [6.07, 6.45) is -0.903. The van der Waals surface area contributed by atoms with Gasteiger partial charge in [-0.1, -0.05) is 0 Å². The SMILES string of the molecule is C[C@@H](O)[C@H]1CNCCN1C(=O)OC(C)(C)C. The van der Waals surface area contributed by atoms with E-state index in [9.17, 15) is 9.90 Å². The second kappa shape index (κ2) is 5.01. The minimum absolute atomic E-state index is 0.205. The van der Waals surface area contributed by atoms with Crippen molar-refractivity contribution in [2.24, 2.45) is 0 Å². The molecule has 16 heavy (non-hydrogen) atoms. The van der Waals surface area contributed by atoms with Crippen LogP contribution < -0.4 is 5.32 Å². The number of hydrogen-bond acceptors (Lipinski definition) is 4. The average molecular weight is 230 g/mol. The highest BCUT2D eigenvalue weighted by atomic mass is 16.6. The maximum absolute atomic E-state index is 11.9. The Kier molecular flexibility index (Phi) is 4.15. The molecule has 1 aliphatic rings. The zero-order valence-electron chi connectivity index (χ0n) is 10.5. The number of ether oxygens (including phenoxy) is 1. The summed E-state index contributed by atoms with van der Waals surface area (Å²) < 4.78 is 5.31. The molecule has 0 spiro atoms. The molecule has 0 bridgehead atoms. The molecular weight excluding hydrogens is 208 g/mol. The van der Waals surface area contributed by atoms with Crippen molar-refractivity contribution in [3.63, 3.8) is 0 Å². The normalized spacial score (nSPS) is 24.1. The Morgan fingerprint density at radius 2 is 2.19 bits per heavy atom. The van der Waals surface area contributed by atoms with E-state index in [0.29, 0.717) is 13.1 Å². The molecule has 0 unspecified atom stereocenters. The molecule has 1 heterocycles. The van der Waals surface area contributed by atoms with Gasteiger partial charge in [0, 0.05) is 19.6 Å². The van der Waals surface area contributed by atoms with E-state index in [-0.39, 0.29) is 12.1 Å². The van der Waals surface area contributed by atoms with Gasteiger partial charge in [-0.05, 0) is 27.7 Å². The van der Waals surface area contributed by atoms with Crippen LogP contribution in [0.3, 0.4) is 0 Å². The van der Waals surface area contributed by atoms with Crippen LogP contribution in [0, 0.1) is 0 Å². The first-order valence-electron chi connectivity index (χ1n) is 5.69. The van der Waals surface area contributed by atoms with Gasteiger partial charge in [-0.3, -0.25) is 0 Å². The monoisotopic (exact) mass is 230 g/mol. The summed E-state index contributed by atoms with van der Waals surface area (Å²) in [6, 6.07) is -0.205. The highest BCUT2D eigenvalue weighted by molar-refractivity contribution is 5.68. The standard InChI is InChI=1S/C11H22N2O3/c1-8(14)9-7-12-5-6-13(9)10(15)16-11(2,3)4/h8-9,12,14H,5-7H2,1-4H3/t8-,9-/m1/s1. The van der Waals surface area contributed by atoms with Crippen LogP contribution in [0.15, 0.2) is 0 Å². The fourth-order valence-corrected chi connectivity index (χ4v) is 1.70. The first kappa shape index (κ1) is 13.3. The maximum Gasteiger partial charge on any atom is 0.410 e. The van der Waals surface area contributed by atoms with Crippen molar-refractivity contribution in [3.05, 3.63) is 0 Å². The molecule has 94 valence electrons. The lowest BCUT2D eigenvalue weighted by atomic mass is 10.1. The first-order chi connectivity index (χ1) is 7.31. The maximum atomic E-state index is 11.9. The number of hydrogen-bond donors (Lipinski definition) is 2. The highest BCUT2D eigenvalue weighted by Crippen LogP contribution is 2.14. The zero-order chi connectivity index (χ0) is 12.3. The number of carbonyl (C=O) groups is 1. The van der Waals surface area contributed by atoms with Crippen LogP contribution in [0.25, 0.3) is 0 Å². The molecule has 5 heteroatoms. The van der Waals surface area contributed by atoms with Crippen LogP contribution in [-0.2, 0) is 4.74 Å². The number of amides is 1. The van der Waals surface area contributed by atoms with Gasteiger partial charge in [0.1, 0.15) is 5.60 Å². The predicted molar refractivity (Wildman–Crippen MR) is 61.3 cm³/mol. The molecule has 5 nitrogen and oxygen atoms in total. The van der Waals surface area contributed by atoms with Crippen molar-refractivity contribution in [1.82, 2.24) is 10.2 Å². The lowest BCUT2D eigenvalue weighted by Gasteiger charge is -2.38. The molecular formula is C11H22N2O3. The third-order valence-corrected chi connectivity index (χ3v) is 2.47. The number of nitrogens with one attached hydrogen (secondary N) is 1. The largest absolute Gasteiger partial charge is 0.444 e. The van der Waals surface area contributed by atoms with E-state index in [0.717, 1.165) is 6.54 Å². The minimum Gasteiger partial charge on any atom is -0.444 e. The van der Waals surface area contributed by atoms with Gasteiger partial charge < -0.3 is 20.1 Å². The summed E-state index contributed by atoms with van der Waals surface area (Å²) in [6.45, 7) is 9.12. The van der Waals surface area contributed by atoms with Crippen molar-refractivity contribution < 1.29 is 14.6 Å². The van der Waals surface area contributed by atoms with Crippen LogP contribution >= 0.6 is 0 Å². The molecule has 2 N–H and O–H groups in total. The summed E-state index contributed by atoms with van der Waals surface area (Å²) in [4.78, 5) is 13.5. The number of aliphatic hydroxyl groups excluding tert-OH is 1. The zero-order valence-corrected chi connectivity index (χ0v) is 10.5. The molecule has 0 aromatic carbocycles. The van der Waals surface area contributed by atoms with E-state index in [1.807, 2.05) is 20.8 Å². The number of nitrogens with zero attached hydrogens (tertiary/aromatic N) is 1. The van der Waals surface area contributed by atoms with Gasteiger partial charge in [-0.25, -0.2) is 4.79 Å². The summed E-state index contributed by atoms with van der Waals surface area (Å²) in [5.41, 5.74) is -0.495. The van der Waals surface area contributed by atoms with Crippen molar-refractivity contribution in [2.75, 3.05) is 19.6 Å². The van der Waals surface area contributed by atoms with Crippen molar-refractivity contribution in [2.45, 2.75) is 45.4 Å². The molecule has 1 rings (SSSR count). The Hall–Kier alpha value is -0.810. The smallest absolute Gasteiger partial charge is 0.410 e.